The summed E-state index contributed by atoms with van der Waals surface area (Å²) >= 11 is 1.23. The van der Waals surface area contributed by atoms with Gasteiger partial charge in [0.25, 0.3) is 11.2 Å². The Morgan fingerprint density at radius 2 is 1.91 bits per heavy atom. The molecule has 3 aromatic rings. The van der Waals surface area contributed by atoms with E-state index in [1.54, 1.807) is 32.1 Å². The van der Waals surface area contributed by atoms with Crippen molar-refractivity contribution in [2.75, 3.05) is 6.61 Å². The molecule has 0 fully saturated rings. The molecule has 32 heavy (non-hydrogen) atoms. The number of thiazole rings is 1. The number of rotatable bonds is 5. The van der Waals surface area contributed by atoms with E-state index < -0.39 is 16.9 Å². The first-order valence-corrected chi connectivity index (χ1v) is 10.7. The van der Waals surface area contributed by atoms with Gasteiger partial charge < -0.3 is 4.74 Å². The van der Waals surface area contributed by atoms with Crippen LogP contribution in [0.15, 0.2) is 70.0 Å². The summed E-state index contributed by atoms with van der Waals surface area (Å²) in [4.78, 5) is 41.6. The standard InChI is InChI=1S/C23H19N3O5S/c1-3-31-22(28)19-14(2)25-21(27)18(13-15-7-5-4-6-8-15)32-23(25)24-20(19)16-9-11-17(12-10-16)26(29)30/h4-13,20H,3H2,1-2H3/b18-13-/t20-/m0/s1. The van der Waals surface area contributed by atoms with Crippen LogP contribution in [0.4, 0.5) is 5.69 Å². The Labute approximate surface area is 186 Å². The van der Waals surface area contributed by atoms with E-state index in [-0.39, 0.29) is 23.4 Å². The molecule has 2 heterocycles. The number of ether oxygens (including phenoxy) is 1. The smallest absolute Gasteiger partial charge is 0.338 e. The highest BCUT2D eigenvalue weighted by atomic mass is 32.1. The van der Waals surface area contributed by atoms with E-state index in [2.05, 4.69) is 4.99 Å². The normalized spacial score (nSPS) is 15.8. The van der Waals surface area contributed by atoms with Crippen LogP contribution in [0.5, 0.6) is 0 Å². The van der Waals surface area contributed by atoms with Gasteiger partial charge in [-0.05, 0) is 43.2 Å². The minimum atomic E-state index is -0.738. The van der Waals surface area contributed by atoms with Gasteiger partial charge in [0.05, 0.1) is 21.6 Å². The molecule has 1 aliphatic heterocycles. The summed E-state index contributed by atoms with van der Waals surface area (Å²) in [6.07, 6.45) is 1.78. The lowest BCUT2D eigenvalue weighted by atomic mass is 9.96. The van der Waals surface area contributed by atoms with Crippen LogP contribution in [-0.4, -0.2) is 22.1 Å². The Morgan fingerprint density at radius 3 is 2.53 bits per heavy atom. The highest BCUT2D eigenvalue weighted by Crippen LogP contribution is 2.33. The van der Waals surface area contributed by atoms with Crippen molar-refractivity contribution < 1.29 is 14.5 Å². The molecule has 1 atom stereocenters. The van der Waals surface area contributed by atoms with Crippen molar-refractivity contribution in [3.8, 4) is 0 Å². The quantitative estimate of drug-likeness (QED) is 0.338. The van der Waals surface area contributed by atoms with E-state index in [0.29, 0.717) is 20.6 Å². The van der Waals surface area contributed by atoms with Crippen LogP contribution in [0.2, 0.25) is 0 Å². The molecule has 8 nitrogen and oxygen atoms in total. The lowest BCUT2D eigenvalue weighted by molar-refractivity contribution is -0.384. The topological polar surface area (TPSA) is 104 Å². The van der Waals surface area contributed by atoms with Gasteiger partial charge in [0, 0.05) is 17.8 Å². The van der Waals surface area contributed by atoms with E-state index in [4.69, 9.17) is 4.74 Å². The number of benzene rings is 2. The molecule has 1 aliphatic rings. The molecule has 4 rings (SSSR count). The van der Waals surface area contributed by atoms with Gasteiger partial charge in [0.1, 0.15) is 6.04 Å². The first-order valence-electron chi connectivity index (χ1n) is 9.89. The molecule has 0 unspecified atom stereocenters. The lowest BCUT2D eigenvalue weighted by Crippen LogP contribution is -2.35. The molecule has 1 aromatic heterocycles. The molecule has 0 bridgehead atoms. The van der Waals surface area contributed by atoms with Gasteiger partial charge in [0.15, 0.2) is 4.80 Å². The summed E-state index contributed by atoms with van der Waals surface area (Å²) in [7, 11) is 0. The highest BCUT2D eigenvalue weighted by molar-refractivity contribution is 7.07. The number of non-ortho nitro benzene ring substituents is 1. The lowest BCUT2D eigenvalue weighted by Gasteiger charge is -2.22. The number of hydrogen-bond donors (Lipinski definition) is 0. The van der Waals surface area contributed by atoms with Crippen LogP contribution in [0.3, 0.4) is 0 Å². The van der Waals surface area contributed by atoms with E-state index in [0.717, 1.165) is 5.56 Å². The van der Waals surface area contributed by atoms with Crippen molar-refractivity contribution in [1.29, 1.82) is 0 Å². The predicted octanol–water partition coefficient (Wildman–Crippen LogP) is 2.82. The molecule has 0 spiro atoms. The first-order chi connectivity index (χ1) is 15.4. The summed E-state index contributed by atoms with van der Waals surface area (Å²) in [5, 5.41) is 11.0. The fourth-order valence-electron chi connectivity index (χ4n) is 3.54. The van der Waals surface area contributed by atoms with Crippen LogP contribution in [-0.2, 0) is 9.53 Å². The second kappa shape index (κ2) is 8.72. The SMILES string of the molecule is CCOC(=O)C1=C(C)n2c(s/c(=C\c3ccccc3)c2=O)=N[C@H]1c1ccc([N+](=O)[O-])cc1. The number of nitrogens with zero attached hydrogens (tertiary/aromatic N) is 3. The maximum atomic E-state index is 13.1. The van der Waals surface area contributed by atoms with Crippen LogP contribution < -0.4 is 14.9 Å². The van der Waals surface area contributed by atoms with Gasteiger partial charge in [-0.2, -0.15) is 0 Å². The summed E-state index contributed by atoms with van der Waals surface area (Å²) in [5.74, 6) is -0.575. The van der Waals surface area contributed by atoms with Crippen molar-refractivity contribution in [3.63, 3.8) is 0 Å². The van der Waals surface area contributed by atoms with Gasteiger partial charge >= 0.3 is 5.97 Å². The molecule has 0 radical (unpaired) electrons. The number of carbonyl (C=O) groups excluding carboxylic acids is 1. The van der Waals surface area contributed by atoms with E-state index in [1.807, 2.05) is 30.3 Å². The Balaban J connectivity index is 1.92. The molecule has 0 amide bonds. The van der Waals surface area contributed by atoms with Crippen molar-refractivity contribution >= 4 is 34.8 Å². The molecule has 0 saturated carbocycles. The third-order valence-corrected chi connectivity index (χ3v) is 6.04. The Morgan fingerprint density at radius 1 is 1.22 bits per heavy atom. The Kier molecular flexibility index (Phi) is 5.83. The van der Waals surface area contributed by atoms with Crippen LogP contribution in [0.1, 0.15) is 31.0 Å². The number of hydrogen-bond acceptors (Lipinski definition) is 7. The number of aromatic nitrogens is 1. The monoisotopic (exact) mass is 449 g/mol. The number of nitro benzene ring substituents is 1. The second-order valence-corrected chi connectivity index (χ2v) is 8.05. The summed E-state index contributed by atoms with van der Waals surface area (Å²) in [6, 6.07) is 14.6. The minimum absolute atomic E-state index is 0.0595. The summed E-state index contributed by atoms with van der Waals surface area (Å²) < 4.78 is 7.15. The number of esters is 1. The predicted molar refractivity (Wildman–Crippen MR) is 121 cm³/mol. The Hall–Kier alpha value is -3.85. The molecular formula is C23H19N3O5S. The van der Waals surface area contributed by atoms with Crippen LogP contribution >= 0.6 is 11.3 Å². The van der Waals surface area contributed by atoms with Gasteiger partial charge in [-0.25, -0.2) is 9.79 Å². The first kappa shape index (κ1) is 21.4. The van der Waals surface area contributed by atoms with Gasteiger partial charge in [-0.3, -0.25) is 19.5 Å². The number of carbonyl (C=O) groups is 1. The van der Waals surface area contributed by atoms with E-state index in [1.165, 1.54) is 28.0 Å². The average molecular weight is 449 g/mol. The van der Waals surface area contributed by atoms with Gasteiger partial charge in [-0.15, -0.1) is 0 Å². The van der Waals surface area contributed by atoms with Crippen molar-refractivity contribution in [1.82, 2.24) is 4.57 Å². The Bertz CT molecular complexity index is 1400. The molecule has 2 aromatic carbocycles. The molecule has 0 saturated heterocycles. The minimum Gasteiger partial charge on any atom is -0.463 e. The molecule has 9 heteroatoms. The molecular weight excluding hydrogens is 430 g/mol. The van der Waals surface area contributed by atoms with E-state index in [9.17, 15) is 19.7 Å². The fourth-order valence-corrected chi connectivity index (χ4v) is 4.58. The number of allylic oxidation sites excluding steroid dienone is 1. The summed E-state index contributed by atoms with van der Waals surface area (Å²) in [6.45, 7) is 3.55. The van der Waals surface area contributed by atoms with E-state index >= 15 is 0 Å². The van der Waals surface area contributed by atoms with Gasteiger partial charge in [-0.1, -0.05) is 41.7 Å². The zero-order chi connectivity index (χ0) is 22.8. The summed E-state index contributed by atoms with van der Waals surface area (Å²) in [5.41, 5.74) is 1.82. The number of fused-ring (bicyclic) bond motifs is 1. The van der Waals surface area contributed by atoms with Crippen molar-refractivity contribution in [2.24, 2.45) is 4.99 Å². The molecule has 0 aliphatic carbocycles. The molecule has 0 N–H and O–H groups in total. The van der Waals surface area contributed by atoms with Crippen LogP contribution in [0, 0.1) is 10.1 Å². The third-order valence-electron chi connectivity index (χ3n) is 5.06. The van der Waals surface area contributed by atoms with Crippen LogP contribution in [0.25, 0.3) is 11.8 Å². The maximum Gasteiger partial charge on any atom is 0.338 e. The average Bonchev–Trinajstić information content (AvgIpc) is 3.09. The van der Waals surface area contributed by atoms with Gasteiger partial charge in [0.2, 0.25) is 0 Å². The second-order valence-electron chi connectivity index (χ2n) is 7.04. The third kappa shape index (κ3) is 3.90. The maximum absolute atomic E-state index is 13.1. The fraction of sp³-hybridized carbons (Fsp3) is 0.174. The highest BCUT2D eigenvalue weighted by Gasteiger charge is 2.31. The zero-order valence-electron chi connectivity index (χ0n) is 17.3. The van der Waals surface area contributed by atoms with Crippen molar-refractivity contribution in [3.05, 3.63) is 101 Å². The largest absolute Gasteiger partial charge is 0.463 e. The zero-order valence-corrected chi connectivity index (χ0v) is 18.2. The molecule has 162 valence electrons. The number of nitro groups is 1. The van der Waals surface area contributed by atoms with Crippen molar-refractivity contribution in [2.45, 2.75) is 19.9 Å².